The fourth-order valence-electron chi connectivity index (χ4n) is 2.36. The fourth-order valence-corrected chi connectivity index (χ4v) is 3.61. The first-order chi connectivity index (χ1) is 10.6. The average Bonchev–Trinajstić information content (AvgIpc) is 2.99. The van der Waals surface area contributed by atoms with Gasteiger partial charge in [-0.1, -0.05) is 24.3 Å². The Morgan fingerprint density at radius 2 is 2.00 bits per heavy atom. The first-order valence-corrected chi connectivity index (χ1v) is 7.89. The zero-order chi connectivity index (χ0) is 15.5. The summed E-state index contributed by atoms with van der Waals surface area (Å²) in [6.07, 6.45) is 0. The van der Waals surface area contributed by atoms with E-state index >= 15 is 0 Å². The summed E-state index contributed by atoms with van der Waals surface area (Å²) in [6, 6.07) is 11.8. The Morgan fingerprint density at radius 1 is 1.18 bits per heavy atom. The van der Waals surface area contributed by atoms with Crippen LogP contribution >= 0.6 is 11.8 Å². The number of halogens is 2. The van der Waals surface area contributed by atoms with Crippen LogP contribution in [0.25, 0.3) is 0 Å². The summed E-state index contributed by atoms with van der Waals surface area (Å²) < 4.78 is 27.0. The number of urea groups is 1. The van der Waals surface area contributed by atoms with Gasteiger partial charge in [0.1, 0.15) is 17.0 Å². The standard InChI is InChI=1S/C16H14F2N2OS/c17-12-5-3-4-11(10-12)15-20(8-9-22-15)16(21)19-14-7-2-1-6-13(14)18/h1-7,10,15H,8-9H2,(H,19,21). The Kier molecular flexibility index (Phi) is 4.29. The van der Waals surface area contributed by atoms with Crippen molar-refractivity contribution in [3.8, 4) is 0 Å². The fraction of sp³-hybridized carbons (Fsp3) is 0.188. The first-order valence-electron chi connectivity index (χ1n) is 6.84. The molecule has 3 nitrogen and oxygen atoms in total. The Hall–Kier alpha value is -2.08. The highest BCUT2D eigenvalue weighted by atomic mass is 32.2. The molecule has 1 aliphatic heterocycles. The summed E-state index contributed by atoms with van der Waals surface area (Å²) in [4.78, 5) is 14.0. The molecule has 6 heteroatoms. The molecule has 1 N–H and O–H groups in total. The number of carbonyl (C=O) groups excluding carboxylic acids is 1. The molecule has 0 aromatic heterocycles. The minimum absolute atomic E-state index is 0.141. The topological polar surface area (TPSA) is 32.3 Å². The van der Waals surface area contributed by atoms with Crippen LogP contribution in [0.4, 0.5) is 19.3 Å². The number of nitrogens with zero attached hydrogens (tertiary/aromatic N) is 1. The summed E-state index contributed by atoms with van der Waals surface area (Å²) in [5, 5.41) is 2.31. The van der Waals surface area contributed by atoms with Crippen molar-refractivity contribution in [2.75, 3.05) is 17.6 Å². The van der Waals surface area contributed by atoms with Gasteiger partial charge in [0.25, 0.3) is 0 Å². The van der Waals surface area contributed by atoms with Gasteiger partial charge in [0.2, 0.25) is 0 Å². The van der Waals surface area contributed by atoms with Crippen molar-refractivity contribution in [3.63, 3.8) is 0 Å². The molecular weight excluding hydrogens is 306 g/mol. The quantitative estimate of drug-likeness (QED) is 0.897. The molecule has 2 aromatic carbocycles. The number of benzene rings is 2. The second-order valence-corrected chi connectivity index (χ2v) is 6.07. The molecular formula is C16H14F2N2OS. The lowest BCUT2D eigenvalue weighted by Crippen LogP contribution is -2.34. The Morgan fingerprint density at radius 3 is 2.77 bits per heavy atom. The molecule has 114 valence electrons. The van der Waals surface area contributed by atoms with Crippen LogP contribution in [-0.2, 0) is 0 Å². The van der Waals surface area contributed by atoms with Gasteiger partial charge in [-0.3, -0.25) is 0 Å². The van der Waals surface area contributed by atoms with Crippen LogP contribution in [-0.4, -0.2) is 23.2 Å². The van der Waals surface area contributed by atoms with Crippen LogP contribution in [0, 0.1) is 11.6 Å². The molecule has 1 fully saturated rings. The van der Waals surface area contributed by atoms with Gasteiger partial charge >= 0.3 is 6.03 Å². The lowest BCUT2D eigenvalue weighted by atomic mass is 10.2. The van der Waals surface area contributed by atoms with E-state index in [4.69, 9.17) is 0 Å². The molecule has 1 heterocycles. The Labute approximate surface area is 131 Å². The highest BCUT2D eigenvalue weighted by Crippen LogP contribution is 2.38. The molecule has 1 unspecified atom stereocenters. The molecule has 2 amide bonds. The molecule has 1 atom stereocenters. The summed E-state index contributed by atoms with van der Waals surface area (Å²) in [7, 11) is 0. The van der Waals surface area contributed by atoms with E-state index in [1.807, 2.05) is 0 Å². The molecule has 0 bridgehead atoms. The van der Waals surface area contributed by atoms with Crippen molar-refractivity contribution in [2.24, 2.45) is 0 Å². The number of nitrogens with one attached hydrogen (secondary N) is 1. The maximum Gasteiger partial charge on any atom is 0.323 e. The third kappa shape index (κ3) is 3.06. The Balaban J connectivity index is 1.78. The van der Waals surface area contributed by atoms with Crippen LogP contribution in [0.5, 0.6) is 0 Å². The minimum atomic E-state index is -0.481. The molecule has 0 radical (unpaired) electrons. The molecule has 22 heavy (non-hydrogen) atoms. The largest absolute Gasteiger partial charge is 0.323 e. The van der Waals surface area contributed by atoms with E-state index in [0.29, 0.717) is 6.54 Å². The van der Waals surface area contributed by atoms with Gasteiger partial charge in [0.15, 0.2) is 0 Å². The smallest absolute Gasteiger partial charge is 0.308 e. The van der Waals surface area contributed by atoms with Gasteiger partial charge in [-0.25, -0.2) is 13.6 Å². The lowest BCUT2D eigenvalue weighted by molar-refractivity contribution is 0.214. The molecule has 3 rings (SSSR count). The maximum absolute atomic E-state index is 13.6. The van der Waals surface area contributed by atoms with Crippen molar-refractivity contribution in [2.45, 2.75) is 5.37 Å². The van der Waals surface area contributed by atoms with Crippen LogP contribution in [0.1, 0.15) is 10.9 Å². The average molecular weight is 320 g/mol. The van der Waals surface area contributed by atoms with Crippen molar-refractivity contribution in [1.29, 1.82) is 0 Å². The highest BCUT2D eigenvalue weighted by Gasteiger charge is 2.31. The summed E-state index contributed by atoms with van der Waals surface area (Å²) in [5.41, 5.74) is 0.869. The second kappa shape index (κ2) is 6.36. The van der Waals surface area contributed by atoms with Gasteiger partial charge in [0, 0.05) is 12.3 Å². The van der Waals surface area contributed by atoms with Crippen LogP contribution in [0.3, 0.4) is 0 Å². The van der Waals surface area contributed by atoms with Gasteiger partial charge in [-0.05, 0) is 29.8 Å². The number of amides is 2. The molecule has 0 spiro atoms. The third-order valence-electron chi connectivity index (χ3n) is 3.40. The summed E-state index contributed by atoms with van der Waals surface area (Å²) in [6.45, 7) is 0.534. The lowest BCUT2D eigenvalue weighted by Gasteiger charge is -2.24. The number of anilines is 1. The number of thioether (sulfide) groups is 1. The van der Waals surface area contributed by atoms with Gasteiger partial charge in [-0.15, -0.1) is 11.8 Å². The van der Waals surface area contributed by atoms with E-state index < -0.39 is 5.82 Å². The van der Waals surface area contributed by atoms with E-state index in [0.717, 1.165) is 11.3 Å². The SMILES string of the molecule is O=C(Nc1ccccc1F)N1CCSC1c1cccc(F)c1. The molecule has 0 saturated carbocycles. The van der Waals surface area contributed by atoms with Crippen LogP contribution in [0.15, 0.2) is 48.5 Å². The second-order valence-electron chi connectivity index (χ2n) is 4.88. The van der Waals surface area contributed by atoms with E-state index in [1.165, 1.54) is 24.3 Å². The van der Waals surface area contributed by atoms with Gasteiger partial charge in [-0.2, -0.15) is 0 Å². The van der Waals surface area contributed by atoms with Crippen molar-refractivity contribution >= 4 is 23.5 Å². The number of rotatable bonds is 2. The van der Waals surface area contributed by atoms with Crippen molar-refractivity contribution < 1.29 is 13.6 Å². The third-order valence-corrected chi connectivity index (χ3v) is 4.66. The predicted octanol–water partition coefficient (Wildman–Crippen LogP) is 4.24. The normalized spacial score (nSPS) is 17.5. The van der Waals surface area contributed by atoms with E-state index in [9.17, 15) is 13.6 Å². The highest BCUT2D eigenvalue weighted by molar-refractivity contribution is 7.99. The molecule has 1 aliphatic rings. The summed E-state index contributed by atoms with van der Waals surface area (Å²) >= 11 is 1.56. The van der Waals surface area contributed by atoms with E-state index in [2.05, 4.69) is 5.32 Å². The van der Waals surface area contributed by atoms with Crippen LogP contribution in [0.2, 0.25) is 0 Å². The van der Waals surface area contributed by atoms with Crippen molar-refractivity contribution in [1.82, 2.24) is 4.90 Å². The Bertz CT molecular complexity index is 695. The van der Waals surface area contributed by atoms with E-state index in [-0.39, 0.29) is 22.9 Å². The zero-order valence-corrected chi connectivity index (χ0v) is 12.4. The predicted molar refractivity (Wildman–Crippen MR) is 83.7 cm³/mol. The van der Waals surface area contributed by atoms with Crippen LogP contribution < -0.4 is 5.32 Å². The number of hydrogen-bond donors (Lipinski definition) is 1. The first kappa shape index (κ1) is 14.8. The van der Waals surface area contributed by atoms with Gasteiger partial charge in [0.05, 0.1) is 5.69 Å². The van der Waals surface area contributed by atoms with E-state index in [1.54, 1.807) is 40.9 Å². The van der Waals surface area contributed by atoms with Gasteiger partial charge < -0.3 is 10.2 Å². The maximum atomic E-state index is 13.6. The zero-order valence-electron chi connectivity index (χ0n) is 11.6. The minimum Gasteiger partial charge on any atom is -0.308 e. The summed E-state index contributed by atoms with van der Waals surface area (Å²) in [5.74, 6) is -0.0595. The molecule has 0 aliphatic carbocycles. The number of hydrogen-bond acceptors (Lipinski definition) is 2. The molecule has 2 aromatic rings. The number of para-hydroxylation sites is 1. The monoisotopic (exact) mass is 320 g/mol. The number of carbonyl (C=O) groups is 1. The van der Waals surface area contributed by atoms with Crippen molar-refractivity contribution in [3.05, 3.63) is 65.7 Å². The molecule has 1 saturated heterocycles.